The molecule has 3 rings (SSSR count). The van der Waals surface area contributed by atoms with Gasteiger partial charge in [0.05, 0.1) is 17.8 Å². The fourth-order valence-electron chi connectivity index (χ4n) is 2.50. The summed E-state index contributed by atoms with van der Waals surface area (Å²) in [4.78, 5) is 28.8. The molecule has 8 heteroatoms. The lowest BCUT2D eigenvalue weighted by Crippen LogP contribution is -2.28. The van der Waals surface area contributed by atoms with Gasteiger partial charge in [-0.25, -0.2) is 9.78 Å². The van der Waals surface area contributed by atoms with Crippen LogP contribution < -0.4 is 20.9 Å². The Bertz CT molecular complexity index is 1050. The van der Waals surface area contributed by atoms with Gasteiger partial charge in [0, 0.05) is 18.1 Å². The van der Waals surface area contributed by atoms with E-state index < -0.39 is 11.6 Å². The molecule has 138 valence electrons. The SMILES string of the molecule is COc1ccc(-n2ccnc(NC(=O)Nc3cccc(C)c3)c2=O)cc1Cl. The summed E-state index contributed by atoms with van der Waals surface area (Å²) in [7, 11) is 1.51. The Labute approximate surface area is 160 Å². The van der Waals surface area contributed by atoms with E-state index in [9.17, 15) is 9.59 Å². The zero-order valence-electron chi connectivity index (χ0n) is 14.7. The number of ether oxygens (including phenoxy) is 1. The van der Waals surface area contributed by atoms with E-state index in [1.54, 1.807) is 24.3 Å². The lowest BCUT2D eigenvalue weighted by molar-refractivity contribution is 0.262. The van der Waals surface area contributed by atoms with Crippen molar-refractivity contribution < 1.29 is 9.53 Å². The predicted octanol–water partition coefficient (Wildman–Crippen LogP) is 3.85. The highest BCUT2D eigenvalue weighted by Crippen LogP contribution is 2.26. The number of nitrogens with one attached hydrogen (secondary N) is 2. The molecular weight excluding hydrogens is 368 g/mol. The molecule has 0 fully saturated rings. The molecule has 2 N–H and O–H groups in total. The maximum absolute atomic E-state index is 12.7. The van der Waals surface area contributed by atoms with Gasteiger partial charge >= 0.3 is 6.03 Å². The summed E-state index contributed by atoms with van der Waals surface area (Å²) < 4.78 is 6.44. The van der Waals surface area contributed by atoms with Crippen LogP contribution in [0.2, 0.25) is 5.02 Å². The molecule has 0 spiro atoms. The van der Waals surface area contributed by atoms with Crippen molar-refractivity contribution in [3.8, 4) is 11.4 Å². The third kappa shape index (κ3) is 4.27. The fourth-order valence-corrected chi connectivity index (χ4v) is 2.75. The molecule has 27 heavy (non-hydrogen) atoms. The van der Waals surface area contributed by atoms with Crippen molar-refractivity contribution in [1.29, 1.82) is 0 Å². The highest BCUT2D eigenvalue weighted by Gasteiger charge is 2.11. The van der Waals surface area contributed by atoms with Gasteiger partial charge in [-0.05, 0) is 42.8 Å². The van der Waals surface area contributed by atoms with Gasteiger partial charge in [-0.3, -0.25) is 14.7 Å². The first-order valence-corrected chi connectivity index (χ1v) is 8.42. The number of benzene rings is 2. The Kier molecular flexibility index (Phi) is 5.42. The second-order valence-corrected chi connectivity index (χ2v) is 6.13. The molecule has 0 aliphatic rings. The second kappa shape index (κ2) is 7.92. The molecule has 7 nitrogen and oxygen atoms in total. The Morgan fingerprint density at radius 2 is 2.00 bits per heavy atom. The molecule has 0 saturated heterocycles. The van der Waals surface area contributed by atoms with Crippen LogP contribution in [-0.4, -0.2) is 22.7 Å². The number of hydrogen-bond acceptors (Lipinski definition) is 4. The minimum atomic E-state index is -0.560. The van der Waals surface area contributed by atoms with E-state index in [1.807, 2.05) is 25.1 Å². The summed E-state index contributed by atoms with van der Waals surface area (Å²) in [6.45, 7) is 1.92. The van der Waals surface area contributed by atoms with Crippen LogP contribution in [0.3, 0.4) is 0 Å². The third-order valence-corrected chi connectivity index (χ3v) is 4.06. The molecule has 0 aliphatic heterocycles. The number of nitrogens with zero attached hydrogens (tertiary/aromatic N) is 2. The lowest BCUT2D eigenvalue weighted by atomic mass is 10.2. The molecule has 0 bridgehead atoms. The minimum Gasteiger partial charge on any atom is -0.495 e. The lowest BCUT2D eigenvalue weighted by Gasteiger charge is -2.11. The molecule has 0 aliphatic carbocycles. The van der Waals surface area contributed by atoms with Crippen molar-refractivity contribution in [2.75, 3.05) is 17.7 Å². The van der Waals surface area contributed by atoms with Crippen molar-refractivity contribution in [2.24, 2.45) is 0 Å². The van der Waals surface area contributed by atoms with E-state index in [-0.39, 0.29) is 5.82 Å². The number of urea groups is 1. The number of hydrogen-bond donors (Lipinski definition) is 2. The zero-order chi connectivity index (χ0) is 19.4. The number of amides is 2. The van der Waals surface area contributed by atoms with Gasteiger partial charge in [0.25, 0.3) is 5.56 Å². The minimum absolute atomic E-state index is 0.102. The van der Waals surface area contributed by atoms with Crippen LogP contribution in [0.25, 0.3) is 5.69 Å². The van der Waals surface area contributed by atoms with E-state index in [4.69, 9.17) is 16.3 Å². The van der Waals surface area contributed by atoms with Gasteiger partial charge < -0.3 is 10.1 Å². The van der Waals surface area contributed by atoms with Crippen molar-refractivity contribution in [1.82, 2.24) is 9.55 Å². The van der Waals surface area contributed by atoms with Gasteiger partial charge in [0.1, 0.15) is 5.75 Å². The van der Waals surface area contributed by atoms with Gasteiger partial charge in [-0.15, -0.1) is 0 Å². The monoisotopic (exact) mass is 384 g/mol. The molecule has 2 amide bonds. The number of halogens is 1. The van der Waals surface area contributed by atoms with Crippen LogP contribution in [0.15, 0.2) is 59.7 Å². The number of aromatic nitrogens is 2. The highest BCUT2D eigenvalue weighted by atomic mass is 35.5. The van der Waals surface area contributed by atoms with Crippen LogP contribution in [0, 0.1) is 6.92 Å². The van der Waals surface area contributed by atoms with Gasteiger partial charge in [0.2, 0.25) is 5.82 Å². The number of carbonyl (C=O) groups is 1. The summed E-state index contributed by atoms with van der Waals surface area (Å²) in [5.74, 6) is 0.396. The van der Waals surface area contributed by atoms with E-state index in [0.717, 1.165) is 5.56 Å². The molecule has 2 aromatic carbocycles. The normalized spacial score (nSPS) is 10.3. The van der Waals surface area contributed by atoms with Gasteiger partial charge in [0.15, 0.2) is 0 Å². The topological polar surface area (TPSA) is 85.2 Å². The Hall–Kier alpha value is -3.32. The van der Waals surface area contributed by atoms with E-state index >= 15 is 0 Å². The Morgan fingerprint density at radius 1 is 1.19 bits per heavy atom. The first-order chi connectivity index (χ1) is 13.0. The summed E-state index contributed by atoms with van der Waals surface area (Å²) in [5.41, 5.74) is 1.66. The zero-order valence-corrected chi connectivity index (χ0v) is 15.4. The van der Waals surface area contributed by atoms with Crippen LogP contribution in [0.1, 0.15) is 5.56 Å². The fraction of sp³-hybridized carbons (Fsp3) is 0.105. The van der Waals surface area contributed by atoms with Crippen molar-refractivity contribution >= 4 is 29.1 Å². The summed E-state index contributed by atoms with van der Waals surface area (Å²) in [6.07, 6.45) is 2.91. The smallest absolute Gasteiger partial charge is 0.325 e. The first kappa shape index (κ1) is 18.5. The molecule has 0 unspecified atom stereocenters. The van der Waals surface area contributed by atoms with E-state index in [2.05, 4.69) is 15.6 Å². The largest absolute Gasteiger partial charge is 0.495 e. The standard InChI is InChI=1S/C19H17ClN4O3/c1-12-4-3-5-13(10-12)22-19(26)23-17-18(25)24(9-8-21-17)14-6-7-16(27-2)15(20)11-14/h3-11H,1-2H3,(H2,21,22,23,26). The number of methoxy groups -OCH3 is 1. The van der Waals surface area contributed by atoms with Crippen LogP contribution in [0.5, 0.6) is 5.75 Å². The molecule has 0 atom stereocenters. The van der Waals surface area contributed by atoms with Gasteiger partial charge in [-0.1, -0.05) is 23.7 Å². The number of rotatable bonds is 4. The number of aryl methyl sites for hydroxylation is 1. The summed E-state index contributed by atoms with van der Waals surface area (Å²) in [5, 5.41) is 5.51. The average Bonchev–Trinajstić information content (AvgIpc) is 2.63. The first-order valence-electron chi connectivity index (χ1n) is 8.04. The third-order valence-electron chi connectivity index (χ3n) is 3.76. The quantitative estimate of drug-likeness (QED) is 0.715. The van der Waals surface area contributed by atoms with E-state index in [1.165, 1.54) is 24.1 Å². The van der Waals surface area contributed by atoms with E-state index in [0.29, 0.717) is 22.1 Å². The van der Waals surface area contributed by atoms with Crippen LogP contribution >= 0.6 is 11.6 Å². The molecule has 1 aromatic heterocycles. The molecule has 1 heterocycles. The van der Waals surface area contributed by atoms with Crippen molar-refractivity contribution in [2.45, 2.75) is 6.92 Å². The van der Waals surface area contributed by atoms with Crippen molar-refractivity contribution in [3.05, 3.63) is 75.8 Å². The van der Waals surface area contributed by atoms with Crippen LogP contribution in [0.4, 0.5) is 16.3 Å². The van der Waals surface area contributed by atoms with Gasteiger partial charge in [-0.2, -0.15) is 0 Å². The average molecular weight is 385 g/mol. The predicted molar refractivity (Wildman–Crippen MR) is 105 cm³/mol. The molecular formula is C19H17ClN4O3. The van der Waals surface area contributed by atoms with Crippen molar-refractivity contribution in [3.63, 3.8) is 0 Å². The molecule has 0 radical (unpaired) electrons. The maximum atomic E-state index is 12.7. The highest BCUT2D eigenvalue weighted by molar-refractivity contribution is 6.32. The molecule has 3 aromatic rings. The number of anilines is 2. The summed E-state index contributed by atoms with van der Waals surface area (Å²) >= 11 is 6.12. The summed E-state index contributed by atoms with van der Waals surface area (Å²) in [6, 6.07) is 11.7. The van der Waals surface area contributed by atoms with Crippen LogP contribution in [-0.2, 0) is 0 Å². The molecule has 0 saturated carbocycles. The Balaban J connectivity index is 1.83. The number of carbonyl (C=O) groups excluding carboxylic acids is 1. The Morgan fingerprint density at radius 3 is 2.70 bits per heavy atom. The second-order valence-electron chi connectivity index (χ2n) is 5.72. The maximum Gasteiger partial charge on any atom is 0.325 e.